The Balaban J connectivity index is 0.000000226. The second-order valence-electron chi connectivity index (χ2n) is 2.46. The van der Waals surface area contributed by atoms with Gasteiger partial charge in [-0.15, -0.1) is 0 Å². The Labute approximate surface area is 77.6 Å². The number of nitrogens with one attached hydrogen (secondary N) is 2. The normalized spacial score (nSPS) is 11.3. The molecular weight excluding hydrogens is 168 g/mol. The summed E-state index contributed by atoms with van der Waals surface area (Å²) in [5.74, 6) is 0. The smallest absolute Gasteiger partial charge is 0.247 e. The third-order valence-electron chi connectivity index (χ3n) is 1.18. The van der Waals surface area contributed by atoms with Gasteiger partial charge in [0.2, 0.25) is 5.56 Å². The maximum absolute atomic E-state index is 10.2. The van der Waals surface area contributed by atoms with E-state index < -0.39 is 0 Å². The van der Waals surface area contributed by atoms with Crippen LogP contribution in [0.2, 0.25) is 0 Å². The summed E-state index contributed by atoms with van der Waals surface area (Å²) in [7, 11) is 0. The van der Waals surface area contributed by atoms with Crippen molar-refractivity contribution in [1.82, 2.24) is 10.3 Å². The lowest BCUT2D eigenvalue weighted by atomic mass is 10.5. The highest BCUT2D eigenvalue weighted by atomic mass is 16.3. The van der Waals surface area contributed by atoms with Crippen LogP contribution in [0.15, 0.2) is 29.2 Å². The molecule has 0 aliphatic heterocycles. The zero-order valence-electron chi connectivity index (χ0n) is 7.95. The van der Waals surface area contributed by atoms with Crippen molar-refractivity contribution in [2.75, 3.05) is 6.54 Å². The van der Waals surface area contributed by atoms with Gasteiger partial charge < -0.3 is 10.1 Å². The molecule has 1 aromatic heterocycles. The first kappa shape index (κ1) is 11.9. The van der Waals surface area contributed by atoms with Gasteiger partial charge in [-0.25, -0.2) is 0 Å². The molecule has 0 bridgehead atoms. The predicted molar refractivity (Wildman–Crippen MR) is 52.4 cm³/mol. The SMILES string of the molecule is CCNC(C)O.O=c1cccc[nH]1. The van der Waals surface area contributed by atoms with E-state index >= 15 is 0 Å². The molecule has 3 N–H and O–H groups in total. The van der Waals surface area contributed by atoms with E-state index in [4.69, 9.17) is 5.11 Å². The van der Waals surface area contributed by atoms with Crippen molar-refractivity contribution < 1.29 is 5.11 Å². The molecule has 0 aliphatic carbocycles. The lowest BCUT2D eigenvalue weighted by Crippen LogP contribution is -2.24. The summed E-state index contributed by atoms with van der Waals surface area (Å²) in [5.41, 5.74) is -0.0532. The lowest BCUT2D eigenvalue weighted by molar-refractivity contribution is 0.159. The Morgan fingerprint density at radius 3 is 2.46 bits per heavy atom. The lowest BCUT2D eigenvalue weighted by Gasteiger charge is -2.00. The van der Waals surface area contributed by atoms with Gasteiger partial charge in [0.25, 0.3) is 0 Å². The summed E-state index contributed by atoms with van der Waals surface area (Å²) in [6, 6.07) is 4.93. The average molecular weight is 184 g/mol. The molecule has 0 spiro atoms. The van der Waals surface area contributed by atoms with Crippen LogP contribution >= 0.6 is 0 Å². The van der Waals surface area contributed by atoms with Gasteiger partial charge in [-0.05, 0) is 19.5 Å². The number of aromatic amines is 1. The molecule has 0 fully saturated rings. The van der Waals surface area contributed by atoms with Crippen LogP contribution in [0.25, 0.3) is 0 Å². The van der Waals surface area contributed by atoms with Gasteiger partial charge in [0.05, 0.1) is 0 Å². The average Bonchev–Trinajstić information content (AvgIpc) is 2.06. The third kappa shape index (κ3) is 8.78. The predicted octanol–water partition coefficient (Wildman–Crippen LogP) is 0.309. The molecule has 1 heterocycles. The minimum absolute atomic E-state index is 0.0532. The number of hydrogen-bond acceptors (Lipinski definition) is 3. The van der Waals surface area contributed by atoms with Gasteiger partial charge in [0.1, 0.15) is 6.23 Å². The summed E-state index contributed by atoms with van der Waals surface area (Å²) in [4.78, 5) is 12.7. The maximum atomic E-state index is 10.2. The van der Waals surface area contributed by atoms with Crippen LogP contribution in [0.5, 0.6) is 0 Å². The first-order chi connectivity index (χ1) is 6.16. The molecule has 4 heteroatoms. The molecule has 0 radical (unpaired) electrons. The van der Waals surface area contributed by atoms with Crippen molar-refractivity contribution in [2.45, 2.75) is 20.1 Å². The van der Waals surface area contributed by atoms with Crippen molar-refractivity contribution in [2.24, 2.45) is 0 Å². The van der Waals surface area contributed by atoms with Crippen molar-refractivity contribution in [1.29, 1.82) is 0 Å². The van der Waals surface area contributed by atoms with Crippen LogP contribution < -0.4 is 10.9 Å². The number of aliphatic hydroxyl groups excluding tert-OH is 1. The zero-order valence-corrected chi connectivity index (χ0v) is 7.95. The molecule has 0 saturated heterocycles. The first-order valence-corrected chi connectivity index (χ1v) is 4.22. The summed E-state index contributed by atoms with van der Waals surface area (Å²) in [5, 5.41) is 11.2. The van der Waals surface area contributed by atoms with E-state index in [1.165, 1.54) is 6.07 Å². The van der Waals surface area contributed by atoms with E-state index in [2.05, 4.69) is 10.3 Å². The van der Waals surface area contributed by atoms with Crippen LogP contribution in [0.3, 0.4) is 0 Å². The summed E-state index contributed by atoms with van der Waals surface area (Å²) in [6.45, 7) is 4.48. The minimum Gasteiger partial charge on any atom is -0.379 e. The van der Waals surface area contributed by atoms with Crippen LogP contribution in [0.4, 0.5) is 0 Å². The summed E-state index contributed by atoms with van der Waals surface area (Å²) < 4.78 is 0. The van der Waals surface area contributed by atoms with E-state index in [0.29, 0.717) is 0 Å². The molecule has 1 aromatic rings. The fraction of sp³-hybridized carbons (Fsp3) is 0.444. The quantitative estimate of drug-likeness (QED) is 0.579. The Bertz CT molecular complexity index is 240. The molecule has 1 unspecified atom stereocenters. The minimum atomic E-state index is -0.352. The standard InChI is InChI=1S/C5H5NO.C4H11NO/c7-5-3-1-2-4-6-5;1-3-5-4(2)6/h1-4H,(H,6,7);4-6H,3H2,1-2H3. The summed E-state index contributed by atoms with van der Waals surface area (Å²) in [6.07, 6.45) is 1.25. The molecule has 1 atom stereocenters. The highest BCUT2D eigenvalue weighted by molar-refractivity contribution is 4.89. The Hall–Kier alpha value is -1.13. The number of hydrogen-bond donors (Lipinski definition) is 3. The first-order valence-electron chi connectivity index (χ1n) is 4.22. The number of aliphatic hydroxyl groups is 1. The molecule has 74 valence electrons. The number of aromatic nitrogens is 1. The van der Waals surface area contributed by atoms with Gasteiger partial charge in [0.15, 0.2) is 0 Å². The van der Waals surface area contributed by atoms with Gasteiger partial charge in [-0.2, -0.15) is 0 Å². The number of rotatable bonds is 2. The number of pyridine rings is 1. The van der Waals surface area contributed by atoms with Crippen molar-refractivity contribution in [3.05, 3.63) is 34.7 Å². The van der Waals surface area contributed by atoms with Crippen molar-refractivity contribution in [3.8, 4) is 0 Å². The highest BCUT2D eigenvalue weighted by Crippen LogP contribution is 1.67. The molecule has 0 saturated carbocycles. The maximum Gasteiger partial charge on any atom is 0.247 e. The van der Waals surface area contributed by atoms with Crippen LogP contribution in [0, 0.1) is 0 Å². The van der Waals surface area contributed by atoms with Gasteiger partial charge in [-0.3, -0.25) is 10.1 Å². The molecule has 4 nitrogen and oxygen atoms in total. The largest absolute Gasteiger partial charge is 0.379 e. The summed E-state index contributed by atoms with van der Waals surface area (Å²) >= 11 is 0. The van der Waals surface area contributed by atoms with Crippen LogP contribution in [0.1, 0.15) is 13.8 Å². The Kier molecular flexibility index (Phi) is 6.86. The van der Waals surface area contributed by atoms with Crippen molar-refractivity contribution in [3.63, 3.8) is 0 Å². The molecule has 13 heavy (non-hydrogen) atoms. The van der Waals surface area contributed by atoms with E-state index in [1.807, 2.05) is 6.92 Å². The third-order valence-corrected chi connectivity index (χ3v) is 1.18. The monoisotopic (exact) mass is 184 g/mol. The second kappa shape index (κ2) is 7.52. The second-order valence-corrected chi connectivity index (χ2v) is 2.46. The molecule has 1 rings (SSSR count). The van der Waals surface area contributed by atoms with E-state index in [1.54, 1.807) is 25.3 Å². The topological polar surface area (TPSA) is 65.1 Å². The van der Waals surface area contributed by atoms with E-state index in [9.17, 15) is 4.79 Å². The van der Waals surface area contributed by atoms with Crippen LogP contribution in [-0.2, 0) is 0 Å². The fourth-order valence-corrected chi connectivity index (χ4v) is 0.672. The Morgan fingerprint density at radius 2 is 2.31 bits per heavy atom. The van der Waals surface area contributed by atoms with Gasteiger partial charge in [0, 0.05) is 12.3 Å². The van der Waals surface area contributed by atoms with Crippen molar-refractivity contribution >= 4 is 0 Å². The molecule has 0 amide bonds. The zero-order chi connectivity index (χ0) is 10.1. The van der Waals surface area contributed by atoms with E-state index in [-0.39, 0.29) is 11.8 Å². The molecule has 0 aromatic carbocycles. The highest BCUT2D eigenvalue weighted by Gasteiger charge is 1.83. The van der Waals surface area contributed by atoms with Gasteiger partial charge >= 0.3 is 0 Å². The van der Waals surface area contributed by atoms with Crippen LogP contribution in [-0.4, -0.2) is 22.9 Å². The molecule has 0 aliphatic rings. The Morgan fingerprint density at radius 1 is 1.62 bits per heavy atom. The number of H-pyrrole nitrogens is 1. The van der Waals surface area contributed by atoms with Gasteiger partial charge in [-0.1, -0.05) is 13.0 Å². The van der Waals surface area contributed by atoms with E-state index in [0.717, 1.165) is 6.54 Å². The molecular formula is C9H16N2O2. The fourth-order valence-electron chi connectivity index (χ4n) is 0.672.